The van der Waals surface area contributed by atoms with Crippen molar-refractivity contribution in [2.45, 2.75) is 12.8 Å². The maximum Gasteiger partial charge on any atom is 0.345 e. The minimum Gasteiger partial charge on any atom is -0.493 e. The topological polar surface area (TPSA) is 38.8 Å². The van der Waals surface area contributed by atoms with E-state index in [2.05, 4.69) is 4.90 Å². The summed E-state index contributed by atoms with van der Waals surface area (Å²) in [5.74, 6) is 0.108. The van der Waals surface area contributed by atoms with Crippen molar-refractivity contribution in [3.63, 3.8) is 0 Å². The Bertz CT molecular complexity index is 851. The Kier molecular flexibility index (Phi) is 6.01. The number of carbonyl (C=O) groups is 1. The third-order valence-electron chi connectivity index (χ3n) is 4.15. The Balaban J connectivity index is 1.88. The first-order chi connectivity index (χ1) is 12.5. The van der Waals surface area contributed by atoms with Crippen LogP contribution in [0.25, 0.3) is 0 Å². The maximum absolute atomic E-state index is 12.5. The molecule has 2 aromatic carbocycles. The molecular formula is C19H17Cl2NO3S. The highest BCUT2D eigenvalue weighted by atomic mass is 35.5. The molecular weight excluding hydrogens is 393 g/mol. The lowest BCUT2D eigenvalue weighted by atomic mass is 10.2. The standard InChI is InChI=1S/C19H17Cl2NO3S/c1-24-16-7-4-12(18(26)22-8-2-3-9-22)10-17(16)25-19(23)14-11-13(20)5-6-15(14)21/h4-7,10-11H,2-3,8-9H2,1H3. The predicted molar refractivity (Wildman–Crippen MR) is 107 cm³/mol. The predicted octanol–water partition coefficient (Wildman–Crippen LogP) is 4.99. The molecule has 1 saturated heterocycles. The summed E-state index contributed by atoms with van der Waals surface area (Å²) >= 11 is 17.6. The highest BCUT2D eigenvalue weighted by molar-refractivity contribution is 7.80. The van der Waals surface area contributed by atoms with E-state index in [-0.39, 0.29) is 16.3 Å². The van der Waals surface area contributed by atoms with Gasteiger partial charge in [-0.15, -0.1) is 0 Å². The molecule has 0 bridgehead atoms. The monoisotopic (exact) mass is 409 g/mol. The fraction of sp³-hybridized carbons (Fsp3) is 0.263. The largest absolute Gasteiger partial charge is 0.493 e. The van der Waals surface area contributed by atoms with Gasteiger partial charge in [-0.2, -0.15) is 0 Å². The molecule has 0 atom stereocenters. The molecule has 1 fully saturated rings. The zero-order chi connectivity index (χ0) is 18.7. The quantitative estimate of drug-likeness (QED) is 0.403. The SMILES string of the molecule is COc1ccc(C(=S)N2CCCC2)cc1OC(=O)c1cc(Cl)ccc1Cl. The summed E-state index contributed by atoms with van der Waals surface area (Å²) in [5, 5.41) is 0.666. The molecule has 136 valence electrons. The van der Waals surface area contributed by atoms with Crippen LogP contribution in [0, 0.1) is 0 Å². The summed E-state index contributed by atoms with van der Waals surface area (Å²) in [4.78, 5) is 15.4. The first-order valence-electron chi connectivity index (χ1n) is 8.14. The lowest BCUT2D eigenvalue weighted by Crippen LogP contribution is -2.26. The number of likely N-dealkylation sites (tertiary alicyclic amines) is 1. The maximum atomic E-state index is 12.5. The summed E-state index contributed by atoms with van der Waals surface area (Å²) in [6, 6.07) is 9.95. The fourth-order valence-corrected chi connectivity index (χ4v) is 3.48. The zero-order valence-corrected chi connectivity index (χ0v) is 16.5. The Hall–Kier alpha value is -1.82. The number of hydrogen-bond acceptors (Lipinski definition) is 4. The first-order valence-corrected chi connectivity index (χ1v) is 9.30. The van der Waals surface area contributed by atoms with E-state index < -0.39 is 5.97 Å². The Morgan fingerprint density at radius 1 is 1.08 bits per heavy atom. The van der Waals surface area contributed by atoms with Gasteiger partial charge in [0.15, 0.2) is 11.5 Å². The van der Waals surface area contributed by atoms with Gasteiger partial charge in [-0.25, -0.2) is 4.79 Å². The number of nitrogens with zero attached hydrogens (tertiary/aromatic N) is 1. The molecule has 1 aliphatic rings. The van der Waals surface area contributed by atoms with Gasteiger partial charge in [0.1, 0.15) is 4.99 Å². The summed E-state index contributed by atoms with van der Waals surface area (Å²) in [7, 11) is 1.51. The van der Waals surface area contributed by atoms with Crippen LogP contribution < -0.4 is 9.47 Å². The van der Waals surface area contributed by atoms with Crippen molar-refractivity contribution >= 4 is 46.4 Å². The number of hydrogen-bond donors (Lipinski definition) is 0. The number of benzene rings is 2. The summed E-state index contributed by atoms with van der Waals surface area (Å²) in [5.41, 5.74) is 0.997. The van der Waals surface area contributed by atoms with Gasteiger partial charge in [0.25, 0.3) is 0 Å². The summed E-state index contributed by atoms with van der Waals surface area (Å²) in [6.07, 6.45) is 2.26. The molecule has 0 aromatic heterocycles. The van der Waals surface area contributed by atoms with Gasteiger partial charge < -0.3 is 14.4 Å². The normalized spacial score (nSPS) is 13.6. The molecule has 2 aromatic rings. The molecule has 1 aliphatic heterocycles. The van der Waals surface area contributed by atoms with Crippen LogP contribution in [0.2, 0.25) is 10.0 Å². The molecule has 0 spiro atoms. The minimum absolute atomic E-state index is 0.189. The zero-order valence-electron chi connectivity index (χ0n) is 14.1. The van der Waals surface area contributed by atoms with Crippen LogP contribution in [0.15, 0.2) is 36.4 Å². The van der Waals surface area contributed by atoms with E-state index in [0.717, 1.165) is 36.5 Å². The van der Waals surface area contributed by atoms with Crippen LogP contribution in [0.5, 0.6) is 11.5 Å². The Labute approximate surface area is 167 Å². The number of halogens is 2. The van der Waals surface area contributed by atoms with Crippen molar-refractivity contribution in [1.82, 2.24) is 4.90 Å². The third-order valence-corrected chi connectivity index (χ3v) is 5.21. The molecule has 0 amide bonds. The van der Waals surface area contributed by atoms with Crippen LogP contribution >= 0.6 is 35.4 Å². The second-order valence-electron chi connectivity index (χ2n) is 5.88. The van der Waals surface area contributed by atoms with Crippen molar-refractivity contribution in [1.29, 1.82) is 0 Å². The van der Waals surface area contributed by atoms with E-state index in [4.69, 9.17) is 44.9 Å². The number of methoxy groups -OCH3 is 1. The van der Waals surface area contributed by atoms with Gasteiger partial charge in [0, 0.05) is 23.7 Å². The third kappa shape index (κ3) is 4.11. The second kappa shape index (κ2) is 8.25. The lowest BCUT2D eigenvalue weighted by molar-refractivity contribution is 0.0730. The van der Waals surface area contributed by atoms with Crippen molar-refractivity contribution in [3.05, 3.63) is 57.6 Å². The molecule has 0 unspecified atom stereocenters. The average molecular weight is 410 g/mol. The Morgan fingerprint density at radius 3 is 2.50 bits per heavy atom. The molecule has 0 N–H and O–H groups in total. The van der Waals surface area contributed by atoms with Crippen LogP contribution in [0.4, 0.5) is 0 Å². The molecule has 1 heterocycles. The van der Waals surface area contributed by atoms with Gasteiger partial charge in [0.05, 0.1) is 17.7 Å². The van der Waals surface area contributed by atoms with E-state index in [1.165, 1.54) is 13.2 Å². The van der Waals surface area contributed by atoms with Crippen LogP contribution in [0.1, 0.15) is 28.8 Å². The minimum atomic E-state index is -0.611. The molecule has 26 heavy (non-hydrogen) atoms. The smallest absolute Gasteiger partial charge is 0.345 e. The first kappa shape index (κ1) is 19.0. The number of esters is 1. The van der Waals surface area contributed by atoms with Gasteiger partial charge in [-0.3, -0.25) is 0 Å². The number of carbonyl (C=O) groups excluding carboxylic acids is 1. The van der Waals surface area contributed by atoms with E-state index in [0.29, 0.717) is 10.8 Å². The van der Waals surface area contributed by atoms with Crippen molar-refractivity contribution in [3.8, 4) is 11.5 Å². The lowest BCUT2D eigenvalue weighted by Gasteiger charge is -2.19. The van der Waals surface area contributed by atoms with E-state index >= 15 is 0 Å². The molecule has 3 rings (SSSR count). The number of thiocarbonyl (C=S) groups is 1. The number of ether oxygens (including phenoxy) is 2. The van der Waals surface area contributed by atoms with E-state index in [1.807, 2.05) is 6.07 Å². The molecule has 0 radical (unpaired) electrons. The van der Waals surface area contributed by atoms with Gasteiger partial charge in [-0.05, 0) is 49.2 Å². The Morgan fingerprint density at radius 2 is 1.81 bits per heavy atom. The van der Waals surface area contributed by atoms with Crippen LogP contribution in [-0.2, 0) is 0 Å². The molecule has 0 saturated carbocycles. The van der Waals surface area contributed by atoms with Crippen LogP contribution in [-0.4, -0.2) is 36.1 Å². The summed E-state index contributed by atoms with van der Waals surface area (Å²) < 4.78 is 10.8. The average Bonchev–Trinajstić information content (AvgIpc) is 3.17. The van der Waals surface area contributed by atoms with Gasteiger partial charge >= 0.3 is 5.97 Å². The molecule has 0 aliphatic carbocycles. The van der Waals surface area contributed by atoms with Crippen LogP contribution in [0.3, 0.4) is 0 Å². The molecule has 7 heteroatoms. The second-order valence-corrected chi connectivity index (χ2v) is 7.11. The number of rotatable bonds is 4. The highest BCUT2D eigenvalue weighted by Gasteiger charge is 2.20. The molecule has 4 nitrogen and oxygen atoms in total. The van der Waals surface area contributed by atoms with Gasteiger partial charge in [0.2, 0.25) is 0 Å². The van der Waals surface area contributed by atoms with Gasteiger partial charge in [-0.1, -0.05) is 35.4 Å². The van der Waals surface area contributed by atoms with Crippen molar-refractivity contribution in [2.75, 3.05) is 20.2 Å². The van der Waals surface area contributed by atoms with E-state index in [9.17, 15) is 4.79 Å². The fourth-order valence-electron chi connectivity index (χ4n) is 2.80. The van der Waals surface area contributed by atoms with Crippen molar-refractivity contribution in [2.24, 2.45) is 0 Å². The highest BCUT2D eigenvalue weighted by Crippen LogP contribution is 2.31. The van der Waals surface area contributed by atoms with Crippen molar-refractivity contribution < 1.29 is 14.3 Å². The van der Waals surface area contributed by atoms with E-state index in [1.54, 1.807) is 24.3 Å². The summed E-state index contributed by atoms with van der Waals surface area (Å²) in [6.45, 7) is 1.89.